The average molecular weight is 689 g/mol. The van der Waals surface area contributed by atoms with Gasteiger partial charge in [0.15, 0.2) is 11.6 Å². The second-order valence-corrected chi connectivity index (χ2v) is 12.5. The molecule has 0 saturated heterocycles. The fourth-order valence-electron chi connectivity index (χ4n) is 7.19. The third-order valence-electron chi connectivity index (χ3n) is 9.46. The number of carbonyl (C=O) groups excluding carboxylic acids is 3. The molecule has 2 N–H and O–H groups in total. The highest BCUT2D eigenvalue weighted by molar-refractivity contribution is 5.99. The summed E-state index contributed by atoms with van der Waals surface area (Å²) < 4.78 is 112. The summed E-state index contributed by atoms with van der Waals surface area (Å²) in [6.07, 6.45) is -6.99. The molecule has 8 nitrogen and oxygen atoms in total. The topological polar surface area (TPSA) is 103 Å². The lowest BCUT2D eigenvalue weighted by Crippen LogP contribution is -2.48. The van der Waals surface area contributed by atoms with Crippen LogP contribution in [0.5, 0.6) is 11.5 Å². The van der Waals surface area contributed by atoms with E-state index < -0.39 is 64.9 Å². The van der Waals surface area contributed by atoms with Crippen molar-refractivity contribution < 1.29 is 59.3 Å². The number of methoxy groups -OCH3 is 1. The third kappa shape index (κ3) is 7.64. The van der Waals surface area contributed by atoms with Gasteiger partial charge in [0.2, 0.25) is 5.91 Å². The van der Waals surface area contributed by atoms with E-state index in [-0.39, 0.29) is 53.5 Å². The van der Waals surface area contributed by atoms with E-state index >= 15 is 4.39 Å². The lowest BCUT2D eigenvalue weighted by atomic mass is 9.83. The van der Waals surface area contributed by atoms with E-state index in [1.54, 1.807) is 6.92 Å². The van der Waals surface area contributed by atoms with Crippen molar-refractivity contribution in [1.82, 2.24) is 5.32 Å². The van der Waals surface area contributed by atoms with Crippen molar-refractivity contribution in [3.05, 3.63) is 52.8 Å². The fourth-order valence-corrected chi connectivity index (χ4v) is 7.19. The van der Waals surface area contributed by atoms with Crippen molar-refractivity contribution in [1.29, 1.82) is 0 Å². The molecule has 15 heteroatoms. The van der Waals surface area contributed by atoms with Gasteiger partial charge in [-0.1, -0.05) is 0 Å². The highest BCUT2D eigenvalue weighted by atomic mass is 19.4. The van der Waals surface area contributed by atoms with E-state index in [9.17, 15) is 40.7 Å². The first-order valence-corrected chi connectivity index (χ1v) is 15.7. The number of fused-ring (bicyclic) bond motifs is 2. The monoisotopic (exact) mass is 688 g/mol. The molecule has 3 aliphatic rings. The van der Waals surface area contributed by atoms with E-state index in [0.29, 0.717) is 57.1 Å². The Labute approximate surface area is 271 Å². The standard InChI is InChI=1S/C33H35F7N2O6/c1-3-47-31(45)16-6-8-22(9-7-16)48-26-14-23(25(46-2)15-24(26)34)29(43)42-28-18-5-4-17(10-18)27(28)30(44)41-21-12-19(32(35,36)37)11-20(13-21)33(38,39)40/h11-18,22,27-28H,3-10H2,1-2H3,(H,41,44)(H,42,43)/t16?,17-,18+,22?,27+,28-/m1/s1. The van der Waals surface area contributed by atoms with Crippen molar-refractivity contribution >= 4 is 23.5 Å². The summed E-state index contributed by atoms with van der Waals surface area (Å²) in [6, 6.07) is 2.21. The summed E-state index contributed by atoms with van der Waals surface area (Å²) >= 11 is 0. The number of esters is 1. The van der Waals surface area contributed by atoms with E-state index in [1.807, 2.05) is 0 Å². The SMILES string of the molecule is CCOC(=O)C1CCC(Oc2cc(C(=O)N[C@@H]3[C@H]4CC[C@H](C4)[C@@H]3C(=O)Nc3cc(C(F)(F)F)cc(C(F)(F)F)c3)c(OC)cc2F)CC1. The minimum Gasteiger partial charge on any atom is -0.496 e. The number of anilines is 1. The van der Waals surface area contributed by atoms with Gasteiger partial charge in [-0.25, -0.2) is 4.39 Å². The lowest BCUT2D eigenvalue weighted by Gasteiger charge is -2.31. The summed E-state index contributed by atoms with van der Waals surface area (Å²) in [4.78, 5) is 39.1. The molecule has 2 amide bonds. The van der Waals surface area contributed by atoms with E-state index in [4.69, 9.17) is 14.2 Å². The summed E-state index contributed by atoms with van der Waals surface area (Å²) in [7, 11) is 1.24. The summed E-state index contributed by atoms with van der Waals surface area (Å²) in [5.74, 6) is -4.64. The van der Waals surface area contributed by atoms with Crippen LogP contribution in [-0.2, 0) is 26.7 Å². The maximum Gasteiger partial charge on any atom is 0.416 e. The van der Waals surface area contributed by atoms with Crippen LogP contribution in [-0.4, -0.2) is 43.6 Å². The zero-order valence-electron chi connectivity index (χ0n) is 26.1. The van der Waals surface area contributed by atoms with Gasteiger partial charge in [0.1, 0.15) is 5.75 Å². The number of ether oxygens (including phenoxy) is 3. The van der Waals surface area contributed by atoms with Crippen LogP contribution in [0.3, 0.4) is 0 Å². The van der Waals surface area contributed by atoms with E-state index in [0.717, 1.165) is 6.07 Å². The van der Waals surface area contributed by atoms with Crippen LogP contribution < -0.4 is 20.1 Å². The number of benzene rings is 2. The van der Waals surface area contributed by atoms with Crippen LogP contribution in [0.4, 0.5) is 36.4 Å². The van der Waals surface area contributed by atoms with E-state index in [1.165, 1.54) is 13.2 Å². The van der Waals surface area contributed by atoms with Gasteiger partial charge < -0.3 is 24.8 Å². The molecular weight excluding hydrogens is 653 g/mol. The molecule has 0 unspecified atom stereocenters. The minimum atomic E-state index is -5.09. The van der Waals surface area contributed by atoms with Crippen molar-refractivity contribution in [2.24, 2.45) is 23.7 Å². The Hall–Kier alpha value is -4.04. The molecule has 5 rings (SSSR count). The number of amides is 2. The molecule has 262 valence electrons. The first-order valence-electron chi connectivity index (χ1n) is 15.7. The molecule has 2 bridgehead atoms. The fraction of sp³-hybridized carbons (Fsp3) is 0.545. The van der Waals surface area contributed by atoms with Gasteiger partial charge in [0.05, 0.1) is 48.3 Å². The lowest BCUT2D eigenvalue weighted by molar-refractivity contribution is -0.149. The quantitative estimate of drug-likeness (QED) is 0.214. The molecule has 48 heavy (non-hydrogen) atoms. The Bertz CT molecular complexity index is 1510. The van der Waals surface area contributed by atoms with Crippen molar-refractivity contribution in [3.8, 4) is 11.5 Å². The van der Waals surface area contributed by atoms with Crippen LogP contribution in [0, 0.1) is 29.5 Å². The van der Waals surface area contributed by atoms with Gasteiger partial charge in [0.25, 0.3) is 5.91 Å². The van der Waals surface area contributed by atoms with Crippen LogP contribution in [0.15, 0.2) is 30.3 Å². The number of carbonyl (C=O) groups is 3. The molecule has 0 radical (unpaired) electrons. The van der Waals surface area contributed by atoms with Gasteiger partial charge >= 0.3 is 18.3 Å². The summed E-state index contributed by atoms with van der Waals surface area (Å²) in [6.45, 7) is 1.99. The van der Waals surface area contributed by atoms with Crippen molar-refractivity contribution in [3.63, 3.8) is 0 Å². The molecule has 2 aromatic rings. The third-order valence-corrected chi connectivity index (χ3v) is 9.46. The van der Waals surface area contributed by atoms with Gasteiger partial charge in [-0.2, -0.15) is 26.3 Å². The second kappa shape index (κ2) is 13.8. The molecular formula is C33H35F7N2O6. The molecule has 2 aromatic carbocycles. The highest BCUT2D eigenvalue weighted by Crippen LogP contribution is 2.49. The maximum absolute atomic E-state index is 15.0. The molecule has 0 aromatic heterocycles. The zero-order valence-corrected chi connectivity index (χ0v) is 26.1. The Kier molecular flexibility index (Phi) is 10.2. The molecule has 0 spiro atoms. The normalized spacial score (nSPS) is 25.4. The molecule has 3 fully saturated rings. The van der Waals surface area contributed by atoms with E-state index in [2.05, 4.69) is 10.6 Å². The maximum atomic E-state index is 15.0. The number of hydrogen-bond acceptors (Lipinski definition) is 6. The highest BCUT2D eigenvalue weighted by Gasteiger charge is 2.51. The largest absolute Gasteiger partial charge is 0.496 e. The molecule has 0 aliphatic heterocycles. The predicted octanol–water partition coefficient (Wildman–Crippen LogP) is 7.16. The Morgan fingerprint density at radius 3 is 2.04 bits per heavy atom. The molecule has 0 heterocycles. The zero-order chi connectivity index (χ0) is 35.0. The van der Waals surface area contributed by atoms with Crippen LogP contribution in [0.1, 0.15) is 73.4 Å². The Morgan fingerprint density at radius 2 is 1.46 bits per heavy atom. The Morgan fingerprint density at radius 1 is 0.833 bits per heavy atom. The van der Waals surface area contributed by atoms with Gasteiger partial charge in [-0.15, -0.1) is 0 Å². The minimum absolute atomic E-state index is 0.0290. The summed E-state index contributed by atoms with van der Waals surface area (Å²) in [5.41, 5.74) is -3.91. The second-order valence-electron chi connectivity index (χ2n) is 12.5. The van der Waals surface area contributed by atoms with Crippen LogP contribution in [0.2, 0.25) is 0 Å². The predicted molar refractivity (Wildman–Crippen MR) is 157 cm³/mol. The van der Waals surface area contributed by atoms with Gasteiger partial charge in [-0.3, -0.25) is 14.4 Å². The Balaban J connectivity index is 1.32. The van der Waals surface area contributed by atoms with Crippen molar-refractivity contribution in [2.75, 3.05) is 19.0 Å². The van der Waals surface area contributed by atoms with Gasteiger partial charge in [-0.05, 0) is 88.0 Å². The van der Waals surface area contributed by atoms with Gasteiger partial charge in [0, 0.05) is 17.8 Å². The molecule has 3 aliphatic carbocycles. The summed E-state index contributed by atoms with van der Waals surface area (Å²) in [5, 5.41) is 5.03. The van der Waals surface area contributed by atoms with Crippen molar-refractivity contribution in [2.45, 2.75) is 76.4 Å². The van der Waals surface area contributed by atoms with Crippen LogP contribution >= 0.6 is 0 Å². The number of halogens is 7. The smallest absolute Gasteiger partial charge is 0.416 e. The molecule has 3 saturated carbocycles. The average Bonchev–Trinajstić information content (AvgIpc) is 3.63. The van der Waals surface area contributed by atoms with Crippen LogP contribution in [0.25, 0.3) is 0 Å². The first kappa shape index (κ1) is 35.3. The number of alkyl halides is 6. The molecule has 4 atom stereocenters. The first-order chi connectivity index (χ1) is 22.6. The number of rotatable bonds is 9. The number of hydrogen-bond donors (Lipinski definition) is 2. The number of nitrogens with one attached hydrogen (secondary N) is 2.